The first-order valence-electron chi connectivity index (χ1n) is 3.68. The number of nitrogens with zero attached hydrogens (tertiary/aromatic N) is 1. The molecule has 0 aliphatic carbocycles. The molecule has 5 heteroatoms. The number of nitrogens with one attached hydrogen (secondary N) is 1. The minimum Gasteiger partial charge on any atom is -0.377 e. The molecule has 0 radical (unpaired) electrons. The first-order valence-corrected chi connectivity index (χ1v) is 3.68. The predicted molar refractivity (Wildman–Crippen MR) is 38.3 cm³/mol. The third-order valence-corrected chi connectivity index (χ3v) is 1.81. The zero-order valence-corrected chi connectivity index (χ0v) is 6.19. The van der Waals surface area contributed by atoms with E-state index in [4.69, 9.17) is 9.94 Å². The maximum atomic E-state index is 10.1. The summed E-state index contributed by atoms with van der Waals surface area (Å²) in [6.45, 7) is 0.925. The maximum Gasteiger partial charge on any atom is 0.0966 e. The summed E-state index contributed by atoms with van der Waals surface area (Å²) in [7, 11) is 0. The molecule has 5 nitrogen and oxygen atoms in total. The van der Waals surface area contributed by atoms with Gasteiger partial charge in [0.05, 0.1) is 12.1 Å². The van der Waals surface area contributed by atoms with E-state index < -0.39 is 0 Å². The van der Waals surface area contributed by atoms with E-state index in [1.807, 2.05) is 5.48 Å². The Balaban J connectivity index is 2.27. The third-order valence-electron chi connectivity index (χ3n) is 1.81. The molecule has 2 N–H and O–H groups in total. The van der Waals surface area contributed by atoms with Gasteiger partial charge in [0, 0.05) is 19.6 Å². The minimum absolute atomic E-state index is 0.0727. The van der Waals surface area contributed by atoms with Gasteiger partial charge in [0.25, 0.3) is 0 Å². The van der Waals surface area contributed by atoms with Crippen molar-refractivity contribution in [2.24, 2.45) is 5.18 Å². The SMILES string of the molecule is O=N[C@@H]1CCO[C@H](CNO)C1. The van der Waals surface area contributed by atoms with E-state index in [0.29, 0.717) is 26.0 Å². The van der Waals surface area contributed by atoms with Crippen molar-refractivity contribution in [3.63, 3.8) is 0 Å². The highest BCUT2D eigenvalue weighted by molar-refractivity contribution is 4.76. The van der Waals surface area contributed by atoms with Crippen molar-refractivity contribution in [1.29, 1.82) is 0 Å². The second-order valence-corrected chi connectivity index (χ2v) is 2.64. The van der Waals surface area contributed by atoms with Crippen molar-refractivity contribution < 1.29 is 9.94 Å². The van der Waals surface area contributed by atoms with Crippen molar-refractivity contribution >= 4 is 0 Å². The van der Waals surface area contributed by atoms with Crippen LogP contribution in [0.1, 0.15) is 12.8 Å². The van der Waals surface area contributed by atoms with Crippen LogP contribution in [-0.2, 0) is 4.74 Å². The third kappa shape index (κ3) is 2.53. The predicted octanol–water partition coefficient (Wildman–Crippen LogP) is 0.279. The molecule has 1 aliphatic rings. The second-order valence-electron chi connectivity index (χ2n) is 2.64. The maximum absolute atomic E-state index is 10.1. The summed E-state index contributed by atoms with van der Waals surface area (Å²) in [5.74, 6) is 0. The highest BCUT2D eigenvalue weighted by atomic mass is 16.5. The molecule has 1 fully saturated rings. The highest BCUT2D eigenvalue weighted by Gasteiger charge is 2.22. The van der Waals surface area contributed by atoms with Crippen LogP contribution in [-0.4, -0.2) is 30.5 Å². The van der Waals surface area contributed by atoms with Crippen molar-refractivity contribution in [2.45, 2.75) is 25.0 Å². The first-order chi connectivity index (χ1) is 5.36. The molecule has 0 spiro atoms. The van der Waals surface area contributed by atoms with E-state index in [1.165, 1.54) is 0 Å². The fourth-order valence-corrected chi connectivity index (χ4v) is 1.20. The van der Waals surface area contributed by atoms with Crippen molar-refractivity contribution in [1.82, 2.24) is 5.48 Å². The van der Waals surface area contributed by atoms with Crippen LogP contribution in [0, 0.1) is 4.91 Å². The van der Waals surface area contributed by atoms with Gasteiger partial charge in [-0.25, -0.2) is 5.48 Å². The lowest BCUT2D eigenvalue weighted by molar-refractivity contribution is -0.0118. The molecule has 0 amide bonds. The van der Waals surface area contributed by atoms with Gasteiger partial charge in [0.15, 0.2) is 0 Å². The van der Waals surface area contributed by atoms with Crippen molar-refractivity contribution in [3.05, 3.63) is 4.91 Å². The monoisotopic (exact) mass is 160 g/mol. The Morgan fingerprint density at radius 1 is 1.73 bits per heavy atom. The van der Waals surface area contributed by atoms with E-state index >= 15 is 0 Å². The molecule has 0 aromatic rings. The molecule has 0 aromatic heterocycles. The van der Waals surface area contributed by atoms with Gasteiger partial charge < -0.3 is 9.94 Å². The average Bonchev–Trinajstić information content (AvgIpc) is 2.06. The molecule has 1 saturated heterocycles. The zero-order valence-electron chi connectivity index (χ0n) is 6.19. The van der Waals surface area contributed by atoms with Gasteiger partial charge in [-0.05, 0) is 6.42 Å². The molecule has 2 atom stereocenters. The molecule has 1 aliphatic heterocycles. The van der Waals surface area contributed by atoms with Crippen LogP contribution in [0.2, 0.25) is 0 Å². The van der Waals surface area contributed by atoms with Crippen molar-refractivity contribution in [2.75, 3.05) is 13.2 Å². The summed E-state index contributed by atoms with van der Waals surface area (Å²) in [5, 5.41) is 11.3. The lowest BCUT2D eigenvalue weighted by Crippen LogP contribution is -2.35. The normalized spacial score (nSPS) is 31.7. The molecule has 1 heterocycles. The lowest BCUT2D eigenvalue weighted by atomic mass is 10.0. The van der Waals surface area contributed by atoms with Crippen LogP contribution in [0.5, 0.6) is 0 Å². The molecule has 0 aromatic carbocycles. The first kappa shape index (κ1) is 8.58. The smallest absolute Gasteiger partial charge is 0.0966 e. The molecular formula is C6H12N2O3. The summed E-state index contributed by atoms with van der Waals surface area (Å²) < 4.78 is 5.23. The topological polar surface area (TPSA) is 70.9 Å². The number of nitroso groups, excluding NO2 is 1. The number of hydroxylamine groups is 1. The summed E-state index contributed by atoms with van der Waals surface area (Å²) in [4.78, 5) is 10.1. The molecule has 1 rings (SSSR count). The zero-order chi connectivity index (χ0) is 8.10. The highest BCUT2D eigenvalue weighted by Crippen LogP contribution is 2.15. The van der Waals surface area contributed by atoms with Crippen LogP contribution in [0.3, 0.4) is 0 Å². The average molecular weight is 160 g/mol. The lowest BCUT2D eigenvalue weighted by Gasteiger charge is -2.24. The van der Waals surface area contributed by atoms with Gasteiger partial charge in [-0.15, -0.1) is 0 Å². The quantitative estimate of drug-likeness (QED) is 0.459. The summed E-state index contributed by atoms with van der Waals surface area (Å²) in [6.07, 6.45) is 1.24. The van der Waals surface area contributed by atoms with E-state index in [1.54, 1.807) is 0 Å². The minimum atomic E-state index is -0.137. The number of hydrogen-bond donors (Lipinski definition) is 2. The summed E-state index contributed by atoms with van der Waals surface area (Å²) >= 11 is 0. The standard InChI is InChI=1S/C6H12N2O3/c9-7-4-6-3-5(8-10)1-2-11-6/h5-7,9H,1-4H2/t5-,6+/m1/s1. The fourth-order valence-electron chi connectivity index (χ4n) is 1.20. The molecule has 64 valence electrons. The van der Waals surface area contributed by atoms with Gasteiger partial charge in [-0.3, -0.25) is 0 Å². The van der Waals surface area contributed by atoms with Crippen LogP contribution in [0.15, 0.2) is 5.18 Å². The number of ether oxygens (including phenoxy) is 1. The van der Waals surface area contributed by atoms with Gasteiger partial charge in [0.1, 0.15) is 0 Å². The fraction of sp³-hybridized carbons (Fsp3) is 1.00. The Bertz CT molecular complexity index is 129. The summed E-state index contributed by atoms with van der Waals surface area (Å²) in [5.41, 5.74) is 2.01. The van der Waals surface area contributed by atoms with Gasteiger partial charge in [0.2, 0.25) is 0 Å². The summed E-state index contributed by atoms with van der Waals surface area (Å²) in [6, 6.07) is -0.137. The number of rotatable bonds is 3. The molecular weight excluding hydrogens is 148 g/mol. The van der Waals surface area contributed by atoms with Gasteiger partial charge >= 0.3 is 0 Å². The van der Waals surface area contributed by atoms with Crippen LogP contribution < -0.4 is 5.48 Å². The Kier molecular flexibility index (Phi) is 3.41. The molecule has 0 bridgehead atoms. The Labute approximate surface area is 64.7 Å². The van der Waals surface area contributed by atoms with Gasteiger partial charge in [-0.2, -0.15) is 4.91 Å². The second kappa shape index (κ2) is 4.38. The van der Waals surface area contributed by atoms with E-state index in [-0.39, 0.29) is 12.1 Å². The van der Waals surface area contributed by atoms with Crippen LogP contribution in [0.4, 0.5) is 0 Å². The number of hydrogen-bond acceptors (Lipinski definition) is 5. The van der Waals surface area contributed by atoms with Crippen LogP contribution in [0.25, 0.3) is 0 Å². The molecule has 11 heavy (non-hydrogen) atoms. The Morgan fingerprint density at radius 2 is 2.55 bits per heavy atom. The van der Waals surface area contributed by atoms with E-state index in [2.05, 4.69) is 5.18 Å². The Hall–Kier alpha value is -0.520. The van der Waals surface area contributed by atoms with Crippen molar-refractivity contribution in [3.8, 4) is 0 Å². The molecule has 0 unspecified atom stereocenters. The Morgan fingerprint density at radius 3 is 3.18 bits per heavy atom. The largest absolute Gasteiger partial charge is 0.377 e. The van der Waals surface area contributed by atoms with Crippen LogP contribution >= 0.6 is 0 Å². The van der Waals surface area contributed by atoms with E-state index in [0.717, 1.165) is 0 Å². The van der Waals surface area contributed by atoms with Gasteiger partial charge in [-0.1, -0.05) is 5.18 Å². The molecule has 0 saturated carbocycles. The van der Waals surface area contributed by atoms with E-state index in [9.17, 15) is 4.91 Å².